The number of carbonyl (C=O) groups is 1. The molecule has 0 aromatic heterocycles. The van der Waals surface area contributed by atoms with Crippen LogP contribution in [0.4, 0.5) is 4.39 Å². The Labute approximate surface area is 196 Å². The predicted octanol–water partition coefficient (Wildman–Crippen LogP) is 4.58. The molecule has 2 aromatic rings. The zero-order chi connectivity index (χ0) is 22.4. The number of hydrogen-bond donors (Lipinski definition) is 1. The lowest BCUT2D eigenvalue weighted by molar-refractivity contribution is -0.125. The summed E-state index contributed by atoms with van der Waals surface area (Å²) in [4.78, 5) is 13.5. The summed E-state index contributed by atoms with van der Waals surface area (Å²) in [5.41, 5.74) is -0.0257. The van der Waals surface area contributed by atoms with Crippen LogP contribution in [0.1, 0.15) is 18.4 Å². The van der Waals surface area contributed by atoms with E-state index in [1.165, 1.54) is 22.5 Å². The summed E-state index contributed by atoms with van der Waals surface area (Å²) >= 11 is 13.4. The molecule has 1 heterocycles. The fourth-order valence-electron chi connectivity index (χ4n) is 3.36. The number of hydrogen-bond acceptors (Lipinski definition) is 4. The summed E-state index contributed by atoms with van der Waals surface area (Å²) in [5, 5.41) is 3.70. The summed E-state index contributed by atoms with van der Waals surface area (Å²) in [6, 6.07) is 11.6. The van der Waals surface area contributed by atoms with Crippen molar-refractivity contribution < 1.29 is 17.6 Å². The summed E-state index contributed by atoms with van der Waals surface area (Å²) in [6.07, 6.45) is 0.862. The van der Waals surface area contributed by atoms with Crippen LogP contribution in [-0.4, -0.2) is 44.0 Å². The number of amides is 1. The second-order valence-corrected chi connectivity index (χ2v) is 11.2. The average Bonchev–Trinajstić information content (AvgIpc) is 2.75. The van der Waals surface area contributed by atoms with Crippen molar-refractivity contribution >= 4 is 50.9 Å². The zero-order valence-corrected chi connectivity index (χ0v) is 19.8. The number of sulfonamides is 1. The van der Waals surface area contributed by atoms with Crippen LogP contribution in [0.3, 0.4) is 0 Å². The van der Waals surface area contributed by atoms with E-state index in [1.807, 2.05) is 24.3 Å². The summed E-state index contributed by atoms with van der Waals surface area (Å²) in [7, 11) is -3.72. The molecule has 0 aliphatic carbocycles. The van der Waals surface area contributed by atoms with Gasteiger partial charge in [0.25, 0.3) is 0 Å². The van der Waals surface area contributed by atoms with E-state index in [2.05, 4.69) is 5.32 Å². The number of halogens is 3. The van der Waals surface area contributed by atoms with E-state index in [4.69, 9.17) is 23.2 Å². The molecule has 5 nitrogen and oxygen atoms in total. The molecule has 1 N–H and O–H groups in total. The van der Waals surface area contributed by atoms with Gasteiger partial charge in [-0.25, -0.2) is 17.1 Å². The lowest BCUT2D eigenvalue weighted by Gasteiger charge is -2.30. The molecule has 168 valence electrons. The van der Waals surface area contributed by atoms with Crippen LogP contribution < -0.4 is 5.32 Å². The topological polar surface area (TPSA) is 66.5 Å². The van der Waals surface area contributed by atoms with Gasteiger partial charge in [-0.15, -0.1) is 11.8 Å². The van der Waals surface area contributed by atoms with Crippen LogP contribution in [0, 0.1) is 11.7 Å². The standard InChI is InChI=1S/C21H23Cl2FN2O3S2/c22-16-4-6-17(7-5-16)30-13-10-25-21(27)15-8-11-26(12-9-15)31(28,29)14-18-19(23)2-1-3-20(18)24/h1-7,15H,8-14H2,(H,25,27). The second kappa shape index (κ2) is 11.0. The number of nitrogens with one attached hydrogen (secondary N) is 1. The molecule has 0 spiro atoms. The Morgan fingerprint density at radius 1 is 1.13 bits per heavy atom. The third-order valence-electron chi connectivity index (χ3n) is 5.09. The zero-order valence-electron chi connectivity index (χ0n) is 16.7. The van der Waals surface area contributed by atoms with Crippen molar-refractivity contribution in [2.24, 2.45) is 5.92 Å². The van der Waals surface area contributed by atoms with Gasteiger partial charge in [0.05, 0.1) is 5.75 Å². The Morgan fingerprint density at radius 2 is 1.81 bits per heavy atom. The van der Waals surface area contributed by atoms with E-state index in [-0.39, 0.29) is 35.5 Å². The molecule has 10 heteroatoms. The lowest BCUT2D eigenvalue weighted by Crippen LogP contribution is -2.43. The summed E-state index contributed by atoms with van der Waals surface area (Å²) in [6.45, 7) is 0.981. The third kappa shape index (κ3) is 6.83. The molecule has 0 bridgehead atoms. The Balaban J connectivity index is 1.44. The van der Waals surface area contributed by atoms with Crippen molar-refractivity contribution in [2.45, 2.75) is 23.5 Å². The number of benzene rings is 2. The Morgan fingerprint density at radius 3 is 2.45 bits per heavy atom. The Bertz CT molecular complexity index is 992. The first-order valence-corrected chi connectivity index (χ1v) is 13.2. The average molecular weight is 505 g/mol. The largest absolute Gasteiger partial charge is 0.355 e. The quantitative estimate of drug-likeness (QED) is 0.421. The van der Waals surface area contributed by atoms with Gasteiger partial charge in [-0.05, 0) is 49.2 Å². The fourth-order valence-corrected chi connectivity index (χ4v) is 6.17. The van der Waals surface area contributed by atoms with Gasteiger partial charge in [0.15, 0.2) is 0 Å². The monoisotopic (exact) mass is 504 g/mol. The SMILES string of the molecule is O=C(NCCSc1ccc(Cl)cc1)C1CCN(S(=O)(=O)Cc2c(F)cccc2Cl)CC1. The van der Waals surface area contributed by atoms with Gasteiger partial charge in [-0.2, -0.15) is 0 Å². The molecule has 3 rings (SSSR count). The van der Waals surface area contributed by atoms with Gasteiger partial charge < -0.3 is 5.32 Å². The molecule has 0 unspecified atom stereocenters. The van der Waals surface area contributed by atoms with Crippen molar-refractivity contribution in [1.82, 2.24) is 9.62 Å². The van der Waals surface area contributed by atoms with Crippen LogP contribution in [0.2, 0.25) is 10.0 Å². The van der Waals surface area contributed by atoms with Crippen LogP contribution in [0.15, 0.2) is 47.4 Å². The predicted molar refractivity (Wildman–Crippen MR) is 124 cm³/mol. The molecule has 0 radical (unpaired) electrons. The van der Waals surface area contributed by atoms with E-state index in [9.17, 15) is 17.6 Å². The molecule has 1 aliphatic rings. The minimum atomic E-state index is -3.72. The van der Waals surface area contributed by atoms with Gasteiger partial charge in [-0.3, -0.25) is 4.79 Å². The highest BCUT2D eigenvalue weighted by Crippen LogP contribution is 2.26. The summed E-state index contributed by atoms with van der Waals surface area (Å²) in [5.74, 6) is -0.696. The molecule has 1 saturated heterocycles. The molecule has 31 heavy (non-hydrogen) atoms. The lowest BCUT2D eigenvalue weighted by atomic mass is 9.97. The summed E-state index contributed by atoms with van der Waals surface area (Å²) < 4.78 is 40.7. The smallest absolute Gasteiger partial charge is 0.223 e. The molecule has 0 atom stereocenters. The number of carbonyl (C=O) groups excluding carboxylic acids is 1. The number of piperidine rings is 1. The minimum absolute atomic E-state index is 0.0257. The van der Waals surface area contributed by atoms with Crippen molar-refractivity contribution in [3.8, 4) is 0 Å². The maximum Gasteiger partial charge on any atom is 0.223 e. The van der Waals surface area contributed by atoms with Crippen LogP contribution in [0.5, 0.6) is 0 Å². The molecular formula is C21H23Cl2FN2O3S2. The van der Waals surface area contributed by atoms with Crippen molar-refractivity contribution in [2.75, 3.05) is 25.4 Å². The third-order valence-corrected chi connectivity index (χ3v) is 8.52. The first kappa shape index (κ1) is 24.3. The number of nitrogens with zero attached hydrogens (tertiary/aromatic N) is 1. The highest BCUT2D eigenvalue weighted by molar-refractivity contribution is 7.99. The van der Waals surface area contributed by atoms with Crippen molar-refractivity contribution in [1.29, 1.82) is 0 Å². The molecular weight excluding hydrogens is 482 g/mol. The van der Waals surface area contributed by atoms with Gasteiger partial charge in [-0.1, -0.05) is 29.3 Å². The van der Waals surface area contributed by atoms with Crippen LogP contribution >= 0.6 is 35.0 Å². The van der Waals surface area contributed by atoms with E-state index >= 15 is 0 Å². The van der Waals surface area contributed by atoms with E-state index < -0.39 is 21.6 Å². The molecule has 2 aromatic carbocycles. The maximum absolute atomic E-state index is 14.0. The van der Waals surface area contributed by atoms with E-state index in [0.717, 1.165) is 10.6 Å². The molecule has 1 aliphatic heterocycles. The normalized spacial score (nSPS) is 15.7. The molecule has 0 saturated carbocycles. The minimum Gasteiger partial charge on any atom is -0.355 e. The number of rotatable bonds is 8. The Hall–Kier alpha value is -1.32. The van der Waals surface area contributed by atoms with Gasteiger partial charge >= 0.3 is 0 Å². The van der Waals surface area contributed by atoms with Gasteiger partial charge in [0, 0.05) is 51.8 Å². The van der Waals surface area contributed by atoms with Crippen LogP contribution in [-0.2, 0) is 20.6 Å². The first-order valence-electron chi connectivity index (χ1n) is 9.83. The Kier molecular flexibility index (Phi) is 8.64. The number of thioether (sulfide) groups is 1. The van der Waals surface area contributed by atoms with Crippen molar-refractivity contribution in [3.05, 3.63) is 63.9 Å². The highest BCUT2D eigenvalue weighted by atomic mass is 35.5. The first-order chi connectivity index (χ1) is 14.8. The van der Waals surface area contributed by atoms with E-state index in [1.54, 1.807) is 11.8 Å². The van der Waals surface area contributed by atoms with E-state index in [0.29, 0.717) is 24.4 Å². The van der Waals surface area contributed by atoms with Gasteiger partial charge in [0.2, 0.25) is 15.9 Å². The molecule has 1 amide bonds. The van der Waals surface area contributed by atoms with Crippen LogP contribution in [0.25, 0.3) is 0 Å². The fraction of sp³-hybridized carbons (Fsp3) is 0.381. The van der Waals surface area contributed by atoms with Gasteiger partial charge in [0.1, 0.15) is 5.82 Å². The van der Waals surface area contributed by atoms with Crippen molar-refractivity contribution in [3.63, 3.8) is 0 Å². The maximum atomic E-state index is 14.0. The second-order valence-electron chi connectivity index (χ2n) is 7.22. The highest BCUT2D eigenvalue weighted by Gasteiger charge is 2.32. The molecule has 1 fully saturated rings.